The highest BCUT2D eigenvalue weighted by Crippen LogP contribution is 2.15. The second kappa shape index (κ2) is 3.79. The molecule has 0 saturated carbocycles. The van der Waals surface area contributed by atoms with Crippen molar-refractivity contribution in [3.05, 3.63) is 24.0 Å². The zero-order chi connectivity index (χ0) is 11.8. The third-order valence-electron chi connectivity index (χ3n) is 2.26. The van der Waals surface area contributed by atoms with E-state index in [2.05, 4.69) is 9.97 Å². The summed E-state index contributed by atoms with van der Waals surface area (Å²) in [6.45, 7) is 0. The molecule has 1 aromatic heterocycles. The second-order valence-corrected chi connectivity index (χ2v) is 6.10. The van der Waals surface area contributed by atoms with Gasteiger partial charge in [-0.25, -0.2) is 13.4 Å². The lowest BCUT2D eigenvalue weighted by atomic mass is 10.3. The lowest BCUT2D eigenvalue weighted by molar-refractivity contribution is 0.600. The summed E-state index contributed by atoms with van der Waals surface area (Å²) in [5.74, 6) is 0.772. The van der Waals surface area contributed by atoms with E-state index in [1.54, 1.807) is 12.1 Å². The van der Waals surface area contributed by atoms with E-state index in [0.29, 0.717) is 17.9 Å². The van der Waals surface area contributed by atoms with E-state index in [4.69, 9.17) is 5.73 Å². The van der Waals surface area contributed by atoms with E-state index in [-0.39, 0.29) is 5.75 Å². The van der Waals surface area contributed by atoms with Crippen LogP contribution in [0, 0.1) is 0 Å². The molecule has 1 aromatic carbocycles. The third-order valence-corrected chi connectivity index (χ3v) is 3.21. The van der Waals surface area contributed by atoms with Gasteiger partial charge in [-0.2, -0.15) is 0 Å². The molecule has 0 aliphatic carbocycles. The number of nitrogen functional groups attached to an aromatic ring is 1. The molecule has 16 heavy (non-hydrogen) atoms. The van der Waals surface area contributed by atoms with Crippen molar-refractivity contribution >= 4 is 26.6 Å². The molecule has 0 spiro atoms. The predicted octanol–water partition coefficient (Wildman–Crippen LogP) is 0.732. The van der Waals surface area contributed by atoms with Crippen molar-refractivity contribution in [2.24, 2.45) is 0 Å². The Bertz CT molecular complexity index is 616. The molecule has 0 fully saturated rings. The summed E-state index contributed by atoms with van der Waals surface area (Å²) < 4.78 is 22.0. The van der Waals surface area contributed by atoms with Gasteiger partial charge in [0.1, 0.15) is 15.7 Å². The topological polar surface area (TPSA) is 88.8 Å². The Morgan fingerprint density at radius 2 is 2.19 bits per heavy atom. The van der Waals surface area contributed by atoms with E-state index >= 15 is 0 Å². The van der Waals surface area contributed by atoms with Crippen molar-refractivity contribution in [1.29, 1.82) is 0 Å². The first kappa shape index (κ1) is 10.9. The van der Waals surface area contributed by atoms with E-state index < -0.39 is 9.84 Å². The fourth-order valence-corrected chi connectivity index (χ4v) is 2.04. The zero-order valence-electron chi connectivity index (χ0n) is 8.90. The number of imidazole rings is 1. The maximum Gasteiger partial charge on any atom is 0.147 e. The Morgan fingerprint density at radius 1 is 1.44 bits per heavy atom. The smallest absolute Gasteiger partial charge is 0.147 e. The van der Waals surface area contributed by atoms with Crippen LogP contribution in [-0.4, -0.2) is 30.4 Å². The molecule has 0 radical (unpaired) electrons. The van der Waals surface area contributed by atoms with Crippen LogP contribution in [0.5, 0.6) is 0 Å². The van der Waals surface area contributed by atoms with Gasteiger partial charge >= 0.3 is 0 Å². The van der Waals surface area contributed by atoms with Crippen molar-refractivity contribution in [2.75, 3.05) is 17.7 Å². The first-order valence-corrected chi connectivity index (χ1v) is 6.92. The number of aromatic amines is 1. The molecule has 1 heterocycles. The first-order chi connectivity index (χ1) is 7.44. The maximum atomic E-state index is 11.0. The summed E-state index contributed by atoms with van der Waals surface area (Å²) in [5.41, 5.74) is 7.93. The van der Waals surface area contributed by atoms with Crippen LogP contribution in [0.3, 0.4) is 0 Å². The fraction of sp³-hybridized carbons (Fsp3) is 0.300. The molecule has 2 aromatic rings. The summed E-state index contributed by atoms with van der Waals surface area (Å²) in [7, 11) is -2.95. The number of rotatable bonds is 3. The molecule has 6 heteroatoms. The van der Waals surface area contributed by atoms with Crippen LogP contribution in [0.15, 0.2) is 18.2 Å². The Hall–Kier alpha value is -1.56. The van der Waals surface area contributed by atoms with Crippen LogP contribution < -0.4 is 5.73 Å². The molecular formula is C10H13N3O2S. The summed E-state index contributed by atoms with van der Waals surface area (Å²) >= 11 is 0. The maximum absolute atomic E-state index is 11.0. The van der Waals surface area contributed by atoms with Gasteiger partial charge in [-0.05, 0) is 18.2 Å². The lowest BCUT2D eigenvalue weighted by Gasteiger charge is -1.94. The monoisotopic (exact) mass is 239 g/mol. The van der Waals surface area contributed by atoms with Crippen molar-refractivity contribution < 1.29 is 8.42 Å². The summed E-state index contributed by atoms with van der Waals surface area (Å²) in [5, 5.41) is 0. The molecule has 0 aliphatic heterocycles. The summed E-state index contributed by atoms with van der Waals surface area (Å²) in [6, 6.07) is 5.36. The van der Waals surface area contributed by atoms with Crippen LogP contribution in [-0.2, 0) is 16.3 Å². The van der Waals surface area contributed by atoms with E-state index in [0.717, 1.165) is 11.0 Å². The Labute approximate surface area is 93.6 Å². The highest BCUT2D eigenvalue weighted by molar-refractivity contribution is 7.90. The van der Waals surface area contributed by atoms with Gasteiger partial charge < -0.3 is 10.7 Å². The third kappa shape index (κ3) is 2.52. The van der Waals surface area contributed by atoms with Crippen molar-refractivity contribution in [3.8, 4) is 0 Å². The number of fused-ring (bicyclic) bond motifs is 1. The van der Waals surface area contributed by atoms with Crippen LogP contribution in [0.25, 0.3) is 11.0 Å². The molecule has 86 valence electrons. The van der Waals surface area contributed by atoms with Gasteiger partial charge in [0.05, 0.1) is 16.8 Å². The minimum atomic E-state index is -2.95. The average Bonchev–Trinajstić information content (AvgIpc) is 2.55. The van der Waals surface area contributed by atoms with Gasteiger partial charge in [-0.1, -0.05) is 0 Å². The first-order valence-electron chi connectivity index (χ1n) is 4.86. The van der Waals surface area contributed by atoms with Crippen LogP contribution >= 0.6 is 0 Å². The molecule has 3 N–H and O–H groups in total. The fourth-order valence-electron chi connectivity index (χ4n) is 1.48. The van der Waals surface area contributed by atoms with Gasteiger partial charge in [0.25, 0.3) is 0 Å². The van der Waals surface area contributed by atoms with E-state index in [1.807, 2.05) is 6.07 Å². The molecule has 0 aliphatic rings. The highest BCUT2D eigenvalue weighted by atomic mass is 32.2. The van der Waals surface area contributed by atoms with Gasteiger partial charge in [-0.15, -0.1) is 0 Å². The molecule has 0 saturated heterocycles. The van der Waals surface area contributed by atoms with Crippen molar-refractivity contribution in [1.82, 2.24) is 9.97 Å². The standard InChI is InChI=1S/C10H13N3O2S/c1-16(14,15)5-4-10-12-8-3-2-7(11)6-9(8)13-10/h2-3,6H,4-5,11H2,1H3,(H,12,13). The number of aromatic nitrogens is 2. The number of sulfone groups is 1. The summed E-state index contributed by atoms with van der Waals surface area (Å²) in [6.07, 6.45) is 1.61. The summed E-state index contributed by atoms with van der Waals surface area (Å²) in [4.78, 5) is 7.33. The predicted molar refractivity (Wildman–Crippen MR) is 63.9 cm³/mol. The lowest BCUT2D eigenvalue weighted by Crippen LogP contribution is -2.06. The normalized spacial score (nSPS) is 12.1. The number of nitrogens with zero attached hydrogens (tertiary/aromatic N) is 1. The number of hydrogen-bond acceptors (Lipinski definition) is 4. The quantitative estimate of drug-likeness (QED) is 0.773. The molecule has 0 unspecified atom stereocenters. The number of anilines is 1. The molecule has 5 nitrogen and oxygen atoms in total. The molecule has 0 amide bonds. The average molecular weight is 239 g/mol. The van der Waals surface area contributed by atoms with Gasteiger partial charge in [0.2, 0.25) is 0 Å². The van der Waals surface area contributed by atoms with E-state index in [9.17, 15) is 8.42 Å². The number of nitrogens with one attached hydrogen (secondary N) is 1. The largest absolute Gasteiger partial charge is 0.399 e. The second-order valence-electron chi connectivity index (χ2n) is 3.84. The number of hydrogen-bond donors (Lipinski definition) is 2. The number of benzene rings is 1. The Morgan fingerprint density at radius 3 is 2.88 bits per heavy atom. The van der Waals surface area contributed by atoms with Crippen molar-refractivity contribution in [2.45, 2.75) is 6.42 Å². The molecule has 0 atom stereocenters. The van der Waals surface area contributed by atoms with Crippen LogP contribution in [0.2, 0.25) is 0 Å². The minimum absolute atomic E-state index is 0.0995. The Kier molecular flexibility index (Phi) is 2.59. The number of aryl methyl sites for hydroxylation is 1. The van der Waals surface area contributed by atoms with Crippen LogP contribution in [0.1, 0.15) is 5.82 Å². The van der Waals surface area contributed by atoms with Gasteiger partial charge in [0.15, 0.2) is 0 Å². The highest BCUT2D eigenvalue weighted by Gasteiger charge is 2.07. The molecule has 2 rings (SSSR count). The van der Waals surface area contributed by atoms with Gasteiger partial charge in [0, 0.05) is 18.4 Å². The van der Waals surface area contributed by atoms with E-state index in [1.165, 1.54) is 6.26 Å². The number of H-pyrrole nitrogens is 1. The van der Waals surface area contributed by atoms with Crippen LogP contribution in [0.4, 0.5) is 5.69 Å². The van der Waals surface area contributed by atoms with Crippen molar-refractivity contribution in [3.63, 3.8) is 0 Å². The SMILES string of the molecule is CS(=O)(=O)CCc1nc2ccc(N)cc2[nH]1. The zero-order valence-corrected chi connectivity index (χ0v) is 9.71. The molecule has 0 bridgehead atoms. The van der Waals surface area contributed by atoms with Gasteiger partial charge in [-0.3, -0.25) is 0 Å². The Balaban J connectivity index is 2.26. The minimum Gasteiger partial charge on any atom is -0.399 e. The number of nitrogens with two attached hydrogens (primary N) is 1. The molecular weight excluding hydrogens is 226 g/mol.